The number of para-hydroxylation sites is 1. The van der Waals surface area contributed by atoms with E-state index in [4.69, 9.17) is 18.6 Å². The Morgan fingerprint density at radius 1 is 1.10 bits per heavy atom. The van der Waals surface area contributed by atoms with Gasteiger partial charge in [-0.15, -0.1) is 10.2 Å². The standard InChI is InChI=1S/C28H42N6O6SSi/c1-18-15-29-25(30-16-18)24(40-42(8,9)28(3,4)5)19(2)41(35,36)33-27-32-31-26(20-13-14-39-17-20)34(27)23-21(37-6)11-10-12-22(23)38-7/h10-12,15-16,19-20,24H,13-14,17H2,1-9H3,(H,32,33)/t19-,20-,24-/m0/s1. The van der Waals surface area contributed by atoms with Gasteiger partial charge in [-0.1, -0.05) is 26.8 Å². The van der Waals surface area contributed by atoms with E-state index in [1.54, 1.807) is 42.1 Å². The Morgan fingerprint density at radius 2 is 1.71 bits per heavy atom. The lowest BCUT2D eigenvalue weighted by Crippen LogP contribution is -2.45. The average Bonchev–Trinajstić information content (AvgIpc) is 3.60. The van der Waals surface area contributed by atoms with Crippen molar-refractivity contribution in [2.75, 3.05) is 32.2 Å². The lowest BCUT2D eigenvalue weighted by Gasteiger charge is -2.40. The van der Waals surface area contributed by atoms with E-state index in [1.165, 1.54) is 14.2 Å². The molecule has 0 aliphatic carbocycles. The molecule has 0 radical (unpaired) electrons. The molecular weight excluding hydrogens is 576 g/mol. The maximum absolute atomic E-state index is 14.1. The average molecular weight is 619 g/mol. The first kappa shape index (κ1) is 31.9. The fourth-order valence-corrected chi connectivity index (χ4v) is 6.89. The third-order valence-electron chi connectivity index (χ3n) is 8.04. The van der Waals surface area contributed by atoms with Crippen molar-refractivity contribution in [3.63, 3.8) is 0 Å². The molecule has 14 heteroatoms. The van der Waals surface area contributed by atoms with Crippen LogP contribution in [-0.4, -0.2) is 74.2 Å². The molecule has 1 fully saturated rings. The minimum atomic E-state index is -4.14. The molecule has 0 spiro atoms. The highest BCUT2D eigenvalue weighted by atomic mass is 32.2. The molecule has 1 aliphatic heterocycles. The van der Waals surface area contributed by atoms with E-state index in [-0.39, 0.29) is 16.9 Å². The van der Waals surface area contributed by atoms with E-state index in [9.17, 15) is 8.42 Å². The van der Waals surface area contributed by atoms with E-state index < -0.39 is 29.7 Å². The predicted octanol–water partition coefficient (Wildman–Crippen LogP) is 4.78. The molecule has 1 N–H and O–H groups in total. The van der Waals surface area contributed by atoms with E-state index in [2.05, 4.69) is 58.8 Å². The van der Waals surface area contributed by atoms with Crippen molar-refractivity contribution < 1.29 is 27.1 Å². The number of methoxy groups -OCH3 is 2. The van der Waals surface area contributed by atoms with Crippen molar-refractivity contribution in [3.05, 3.63) is 47.8 Å². The van der Waals surface area contributed by atoms with Gasteiger partial charge in [-0.2, -0.15) is 0 Å². The third-order valence-corrected chi connectivity index (χ3v) is 14.2. The minimum Gasteiger partial charge on any atom is -0.494 e. The van der Waals surface area contributed by atoms with Crippen LogP contribution in [0.15, 0.2) is 30.6 Å². The number of rotatable bonds is 11. The summed E-state index contributed by atoms with van der Waals surface area (Å²) in [4.78, 5) is 8.93. The first-order valence-corrected chi connectivity index (χ1v) is 18.4. The molecule has 3 heterocycles. The maximum Gasteiger partial charge on any atom is 0.243 e. The number of aryl methyl sites for hydroxylation is 1. The summed E-state index contributed by atoms with van der Waals surface area (Å²) in [5, 5.41) is 7.46. The van der Waals surface area contributed by atoms with Crippen LogP contribution < -0.4 is 14.2 Å². The zero-order valence-corrected chi connectivity index (χ0v) is 27.7. The number of nitrogens with zero attached hydrogens (tertiary/aromatic N) is 5. The van der Waals surface area contributed by atoms with Crippen molar-refractivity contribution >= 4 is 24.3 Å². The number of hydrogen-bond donors (Lipinski definition) is 1. The molecule has 3 atom stereocenters. The van der Waals surface area contributed by atoms with Gasteiger partial charge < -0.3 is 18.6 Å². The summed E-state index contributed by atoms with van der Waals surface area (Å²) in [6.45, 7) is 14.9. The van der Waals surface area contributed by atoms with Crippen LogP contribution >= 0.6 is 0 Å². The highest BCUT2D eigenvalue weighted by Crippen LogP contribution is 2.42. The molecule has 0 saturated carbocycles. The quantitative estimate of drug-likeness (QED) is 0.299. The van der Waals surface area contributed by atoms with Crippen molar-refractivity contribution in [1.29, 1.82) is 0 Å². The molecule has 0 amide bonds. The first-order valence-electron chi connectivity index (χ1n) is 13.9. The normalized spacial score (nSPS) is 17.6. The summed E-state index contributed by atoms with van der Waals surface area (Å²) in [7, 11) is -3.51. The number of benzene rings is 1. The van der Waals surface area contributed by atoms with Gasteiger partial charge in [-0.3, -0.25) is 9.29 Å². The van der Waals surface area contributed by atoms with Crippen molar-refractivity contribution in [3.8, 4) is 17.2 Å². The van der Waals surface area contributed by atoms with E-state index >= 15 is 0 Å². The predicted molar refractivity (Wildman–Crippen MR) is 162 cm³/mol. The van der Waals surface area contributed by atoms with Crippen molar-refractivity contribution in [2.24, 2.45) is 0 Å². The van der Waals surface area contributed by atoms with E-state index in [0.29, 0.717) is 48.5 Å². The summed E-state index contributed by atoms with van der Waals surface area (Å²) < 4.78 is 56.3. The molecule has 0 unspecified atom stereocenters. The van der Waals surface area contributed by atoms with Gasteiger partial charge in [0.1, 0.15) is 34.4 Å². The molecule has 12 nitrogen and oxygen atoms in total. The Morgan fingerprint density at radius 3 is 2.24 bits per heavy atom. The zero-order chi connectivity index (χ0) is 30.9. The molecule has 0 bridgehead atoms. The number of sulfonamides is 1. The summed E-state index contributed by atoms with van der Waals surface area (Å²) in [5.41, 5.74) is 1.34. The largest absolute Gasteiger partial charge is 0.494 e. The van der Waals surface area contributed by atoms with E-state index in [1.807, 2.05) is 6.92 Å². The number of hydrogen-bond acceptors (Lipinski definition) is 10. The highest BCUT2D eigenvalue weighted by Gasteiger charge is 2.44. The Labute approximate surface area is 249 Å². The van der Waals surface area contributed by atoms with Crippen LogP contribution in [0, 0.1) is 6.92 Å². The Hall–Kier alpha value is -3.07. The molecular formula is C28H42N6O6SSi. The topological polar surface area (TPSA) is 140 Å². The molecule has 1 saturated heterocycles. The summed E-state index contributed by atoms with van der Waals surface area (Å²) in [5.74, 6) is 1.68. The van der Waals surface area contributed by atoms with Crippen molar-refractivity contribution in [1.82, 2.24) is 24.7 Å². The highest BCUT2D eigenvalue weighted by molar-refractivity contribution is 7.93. The smallest absolute Gasteiger partial charge is 0.243 e. The van der Waals surface area contributed by atoms with Gasteiger partial charge in [0, 0.05) is 24.9 Å². The monoisotopic (exact) mass is 618 g/mol. The molecule has 230 valence electrons. The Balaban J connectivity index is 1.80. The number of anilines is 1. The SMILES string of the molecule is COc1cccc(OC)c1-n1c(NS(=O)(=O)[C@@H](C)[C@H](O[Si](C)(C)C(C)(C)C)c2ncc(C)cn2)nnc1[C@H]1CCOC1. The second-order valence-corrected chi connectivity index (χ2v) is 18.9. The molecule has 42 heavy (non-hydrogen) atoms. The van der Waals surface area contributed by atoms with Gasteiger partial charge in [-0.25, -0.2) is 18.4 Å². The lowest BCUT2D eigenvalue weighted by atomic mass is 10.1. The zero-order valence-electron chi connectivity index (χ0n) is 25.8. The van der Waals surface area contributed by atoms with Crippen LogP contribution in [0.2, 0.25) is 18.1 Å². The second kappa shape index (κ2) is 12.3. The van der Waals surface area contributed by atoms with Gasteiger partial charge in [0.15, 0.2) is 14.1 Å². The fourth-order valence-electron chi connectivity index (χ4n) is 4.42. The number of aromatic nitrogens is 5. The van der Waals surface area contributed by atoms with Crippen LogP contribution in [0.1, 0.15) is 63.3 Å². The fraction of sp³-hybridized carbons (Fsp3) is 0.571. The molecule has 1 aliphatic rings. The molecule has 1 aromatic carbocycles. The molecule has 4 rings (SSSR count). The maximum atomic E-state index is 14.1. The van der Waals surface area contributed by atoms with Crippen LogP contribution in [0.4, 0.5) is 5.95 Å². The number of ether oxygens (including phenoxy) is 3. The number of nitrogens with one attached hydrogen (secondary N) is 1. The summed E-state index contributed by atoms with van der Waals surface area (Å²) >= 11 is 0. The van der Waals surface area contributed by atoms with Crippen LogP contribution in [0.5, 0.6) is 11.5 Å². The third kappa shape index (κ3) is 6.46. The van der Waals surface area contributed by atoms with Crippen LogP contribution in [0.25, 0.3) is 5.69 Å². The Bertz CT molecular complexity index is 1460. The molecule has 3 aromatic rings. The van der Waals surface area contributed by atoms with Gasteiger partial charge in [0.25, 0.3) is 0 Å². The van der Waals surface area contributed by atoms with Gasteiger partial charge >= 0.3 is 0 Å². The summed E-state index contributed by atoms with van der Waals surface area (Å²) in [6.07, 6.45) is 3.12. The second-order valence-electron chi connectivity index (χ2n) is 12.1. The van der Waals surface area contributed by atoms with Gasteiger partial charge in [0.2, 0.25) is 16.0 Å². The van der Waals surface area contributed by atoms with Crippen molar-refractivity contribution in [2.45, 2.75) is 76.4 Å². The first-order chi connectivity index (χ1) is 19.7. The molecule has 2 aromatic heterocycles. The summed E-state index contributed by atoms with van der Waals surface area (Å²) in [6, 6.07) is 5.33. The lowest BCUT2D eigenvalue weighted by molar-refractivity contribution is 0.172. The van der Waals surface area contributed by atoms with Gasteiger partial charge in [-0.05, 0) is 56.1 Å². The van der Waals surface area contributed by atoms with Gasteiger partial charge in [0.05, 0.1) is 20.8 Å². The Kier molecular flexibility index (Phi) is 9.30. The minimum absolute atomic E-state index is 0.00227. The van der Waals surface area contributed by atoms with Crippen LogP contribution in [0.3, 0.4) is 0 Å². The van der Waals surface area contributed by atoms with Crippen LogP contribution in [-0.2, 0) is 19.2 Å². The van der Waals surface area contributed by atoms with E-state index in [0.717, 1.165) is 5.56 Å².